The number of hydrogen-bond acceptors (Lipinski definition) is 7. The standard InChI is InChI=1S/C20H21BrN4O6/c1-30-17-11-13(10-16(21)19(17)31-2)12-23-24-18(26)4-3-9-22-20(27)14-5-7-15(8-6-14)25(28)29/h5-8,10-12H,3-4,9H2,1-2H3,(H,22,27)(H,24,26). The maximum atomic E-state index is 12.0. The zero-order valence-electron chi connectivity index (χ0n) is 16.9. The van der Waals surface area contributed by atoms with E-state index in [9.17, 15) is 19.7 Å². The smallest absolute Gasteiger partial charge is 0.269 e. The lowest BCUT2D eigenvalue weighted by Crippen LogP contribution is -2.26. The zero-order chi connectivity index (χ0) is 22.8. The van der Waals surface area contributed by atoms with E-state index in [0.29, 0.717) is 33.5 Å². The van der Waals surface area contributed by atoms with Crippen molar-refractivity contribution in [3.05, 3.63) is 62.1 Å². The third kappa shape index (κ3) is 7.07. The van der Waals surface area contributed by atoms with E-state index in [1.54, 1.807) is 12.1 Å². The fraction of sp³-hybridized carbons (Fsp3) is 0.250. The van der Waals surface area contributed by atoms with Crippen molar-refractivity contribution >= 4 is 39.6 Å². The second-order valence-corrected chi connectivity index (χ2v) is 7.05. The number of amides is 2. The largest absolute Gasteiger partial charge is 0.493 e. The second-order valence-electron chi connectivity index (χ2n) is 6.19. The SMILES string of the molecule is COc1cc(C=NNC(=O)CCCNC(=O)c2ccc([N+](=O)[O-])cc2)cc(Br)c1OC. The van der Waals surface area contributed by atoms with Gasteiger partial charge in [-0.1, -0.05) is 0 Å². The monoisotopic (exact) mass is 492 g/mol. The number of methoxy groups -OCH3 is 2. The van der Waals surface area contributed by atoms with E-state index in [4.69, 9.17) is 9.47 Å². The summed E-state index contributed by atoms with van der Waals surface area (Å²) >= 11 is 3.38. The minimum absolute atomic E-state index is 0.0887. The van der Waals surface area contributed by atoms with Crippen LogP contribution in [-0.2, 0) is 4.79 Å². The third-order valence-corrected chi connectivity index (χ3v) is 4.65. The van der Waals surface area contributed by atoms with Crippen LogP contribution in [0.5, 0.6) is 11.5 Å². The lowest BCUT2D eigenvalue weighted by Gasteiger charge is -2.10. The molecule has 2 N–H and O–H groups in total. The number of nitrogens with zero attached hydrogens (tertiary/aromatic N) is 2. The lowest BCUT2D eigenvalue weighted by atomic mass is 10.2. The molecule has 0 spiro atoms. The fourth-order valence-electron chi connectivity index (χ4n) is 2.53. The van der Waals surface area contributed by atoms with Crippen molar-refractivity contribution in [1.82, 2.24) is 10.7 Å². The number of nitro benzene ring substituents is 1. The summed E-state index contributed by atoms with van der Waals surface area (Å²) in [7, 11) is 3.05. The first kappa shape index (κ1) is 23.8. The predicted molar refractivity (Wildman–Crippen MR) is 118 cm³/mol. The van der Waals surface area contributed by atoms with Crippen LogP contribution in [0.25, 0.3) is 0 Å². The summed E-state index contributed by atoms with van der Waals surface area (Å²) in [5.74, 6) is 0.403. The van der Waals surface area contributed by atoms with Gasteiger partial charge in [-0.05, 0) is 52.2 Å². The molecule has 2 amide bonds. The summed E-state index contributed by atoms with van der Waals surface area (Å²) in [5, 5.41) is 17.2. The molecule has 0 bridgehead atoms. The Balaban J connectivity index is 1.75. The van der Waals surface area contributed by atoms with Gasteiger partial charge in [-0.3, -0.25) is 19.7 Å². The van der Waals surface area contributed by atoms with E-state index in [0.717, 1.165) is 0 Å². The number of non-ortho nitro benzene ring substituents is 1. The van der Waals surface area contributed by atoms with Gasteiger partial charge in [0.05, 0.1) is 29.8 Å². The first-order valence-electron chi connectivity index (χ1n) is 9.11. The summed E-state index contributed by atoms with van der Waals surface area (Å²) in [5.41, 5.74) is 3.33. The Hall–Kier alpha value is -3.47. The van der Waals surface area contributed by atoms with E-state index >= 15 is 0 Å². The highest BCUT2D eigenvalue weighted by Crippen LogP contribution is 2.35. The molecule has 0 aliphatic rings. The molecule has 0 aliphatic heterocycles. The number of ether oxygens (including phenoxy) is 2. The van der Waals surface area contributed by atoms with Crippen molar-refractivity contribution in [2.24, 2.45) is 5.10 Å². The van der Waals surface area contributed by atoms with E-state index in [2.05, 4.69) is 31.8 Å². The number of hydrogen-bond donors (Lipinski definition) is 2. The molecule has 0 atom stereocenters. The van der Waals surface area contributed by atoms with Crippen LogP contribution < -0.4 is 20.2 Å². The molecular weight excluding hydrogens is 472 g/mol. The van der Waals surface area contributed by atoms with Crippen LogP contribution in [-0.4, -0.2) is 43.7 Å². The molecule has 11 heteroatoms. The van der Waals surface area contributed by atoms with Gasteiger partial charge in [0.25, 0.3) is 11.6 Å². The molecule has 2 aromatic rings. The fourth-order valence-corrected chi connectivity index (χ4v) is 3.16. The van der Waals surface area contributed by atoms with Gasteiger partial charge in [-0.15, -0.1) is 0 Å². The molecule has 0 radical (unpaired) electrons. The molecule has 0 heterocycles. The number of carbonyl (C=O) groups is 2. The maximum absolute atomic E-state index is 12.0. The van der Waals surface area contributed by atoms with Crippen molar-refractivity contribution in [2.45, 2.75) is 12.8 Å². The van der Waals surface area contributed by atoms with Gasteiger partial charge in [0.1, 0.15) is 0 Å². The van der Waals surface area contributed by atoms with Crippen LogP contribution in [0.4, 0.5) is 5.69 Å². The quantitative estimate of drug-likeness (QED) is 0.226. The first-order valence-corrected chi connectivity index (χ1v) is 9.91. The normalized spacial score (nSPS) is 10.5. The van der Waals surface area contributed by atoms with Crippen molar-refractivity contribution in [3.8, 4) is 11.5 Å². The molecule has 164 valence electrons. The molecule has 2 rings (SSSR count). The third-order valence-electron chi connectivity index (χ3n) is 4.07. The lowest BCUT2D eigenvalue weighted by molar-refractivity contribution is -0.384. The predicted octanol–water partition coefficient (Wildman–Crippen LogP) is 3.03. The van der Waals surface area contributed by atoms with Gasteiger partial charge < -0.3 is 14.8 Å². The molecule has 0 fully saturated rings. The van der Waals surface area contributed by atoms with Gasteiger partial charge in [-0.25, -0.2) is 5.43 Å². The Bertz CT molecular complexity index is 978. The second kappa shape index (κ2) is 11.6. The van der Waals surface area contributed by atoms with Gasteiger partial charge >= 0.3 is 0 Å². The highest BCUT2D eigenvalue weighted by Gasteiger charge is 2.10. The molecule has 0 aliphatic carbocycles. The summed E-state index contributed by atoms with van der Waals surface area (Å²) in [6.07, 6.45) is 2.04. The van der Waals surface area contributed by atoms with Crippen LogP contribution in [0.15, 0.2) is 46.0 Å². The number of rotatable bonds is 10. The summed E-state index contributed by atoms with van der Waals surface area (Å²) in [4.78, 5) is 34.0. The van der Waals surface area contributed by atoms with Crippen LogP contribution in [0, 0.1) is 10.1 Å². The molecule has 0 aromatic heterocycles. The minimum atomic E-state index is -0.535. The van der Waals surface area contributed by atoms with Crippen LogP contribution in [0.2, 0.25) is 0 Å². The Morgan fingerprint density at radius 3 is 2.52 bits per heavy atom. The number of hydrazone groups is 1. The van der Waals surface area contributed by atoms with Gasteiger partial charge in [0.2, 0.25) is 5.91 Å². The average Bonchev–Trinajstić information content (AvgIpc) is 2.76. The van der Waals surface area contributed by atoms with Crippen LogP contribution in [0.1, 0.15) is 28.8 Å². The van der Waals surface area contributed by atoms with Crippen molar-refractivity contribution in [1.29, 1.82) is 0 Å². The molecule has 31 heavy (non-hydrogen) atoms. The molecule has 0 saturated heterocycles. The number of nitro groups is 1. The molecule has 0 saturated carbocycles. The maximum Gasteiger partial charge on any atom is 0.269 e. The van der Waals surface area contributed by atoms with Gasteiger partial charge in [0, 0.05) is 30.7 Å². The molecule has 10 nitrogen and oxygen atoms in total. The number of benzene rings is 2. The first-order chi connectivity index (χ1) is 14.8. The highest BCUT2D eigenvalue weighted by atomic mass is 79.9. The molecular formula is C20H21BrN4O6. The summed E-state index contributed by atoms with van der Waals surface area (Å²) in [6.45, 7) is 0.273. The minimum Gasteiger partial charge on any atom is -0.493 e. The highest BCUT2D eigenvalue weighted by molar-refractivity contribution is 9.10. The zero-order valence-corrected chi connectivity index (χ0v) is 18.5. The number of nitrogens with one attached hydrogen (secondary N) is 2. The van der Waals surface area contributed by atoms with E-state index < -0.39 is 4.92 Å². The van der Waals surface area contributed by atoms with Crippen LogP contribution in [0.3, 0.4) is 0 Å². The van der Waals surface area contributed by atoms with Crippen molar-refractivity contribution < 1.29 is 24.0 Å². The summed E-state index contributed by atoms with van der Waals surface area (Å²) < 4.78 is 11.2. The molecule has 2 aromatic carbocycles. The van der Waals surface area contributed by atoms with Gasteiger partial charge in [-0.2, -0.15) is 5.10 Å². The summed E-state index contributed by atoms with van der Waals surface area (Å²) in [6, 6.07) is 8.76. The topological polar surface area (TPSA) is 132 Å². The number of carbonyl (C=O) groups excluding carboxylic acids is 2. The van der Waals surface area contributed by atoms with E-state index in [1.165, 1.54) is 44.7 Å². The van der Waals surface area contributed by atoms with Gasteiger partial charge in [0.15, 0.2) is 11.5 Å². The van der Waals surface area contributed by atoms with E-state index in [-0.39, 0.29) is 30.5 Å². The Morgan fingerprint density at radius 1 is 1.19 bits per heavy atom. The Kier molecular flexibility index (Phi) is 8.94. The average molecular weight is 493 g/mol. The Labute approximate surface area is 186 Å². The van der Waals surface area contributed by atoms with E-state index in [1.807, 2.05) is 0 Å². The van der Waals surface area contributed by atoms with Crippen LogP contribution >= 0.6 is 15.9 Å². The number of halogens is 1. The molecule has 0 unspecified atom stereocenters. The van der Waals surface area contributed by atoms with Crippen molar-refractivity contribution in [3.63, 3.8) is 0 Å². The van der Waals surface area contributed by atoms with Crippen molar-refractivity contribution in [2.75, 3.05) is 20.8 Å². The Morgan fingerprint density at radius 2 is 1.90 bits per heavy atom.